The summed E-state index contributed by atoms with van der Waals surface area (Å²) >= 11 is 3.33. The van der Waals surface area contributed by atoms with Gasteiger partial charge in [0.25, 0.3) is 5.91 Å². The van der Waals surface area contributed by atoms with Crippen molar-refractivity contribution in [1.29, 1.82) is 0 Å². The van der Waals surface area contributed by atoms with Gasteiger partial charge in [0, 0.05) is 16.6 Å². The van der Waals surface area contributed by atoms with Gasteiger partial charge in [-0.3, -0.25) is 4.79 Å². The molecule has 0 saturated carbocycles. The molecule has 1 aliphatic rings. The Morgan fingerprint density at radius 2 is 2.09 bits per heavy atom. The van der Waals surface area contributed by atoms with Gasteiger partial charge >= 0.3 is 5.97 Å². The summed E-state index contributed by atoms with van der Waals surface area (Å²) in [6.45, 7) is 0. The Bertz CT molecular complexity index is 763. The van der Waals surface area contributed by atoms with E-state index < -0.39 is 23.8 Å². The molecule has 3 rings (SSSR count). The molecule has 2 aromatic rings. The number of anilines is 1. The summed E-state index contributed by atoms with van der Waals surface area (Å²) in [4.78, 5) is 24.1. The van der Waals surface area contributed by atoms with Crippen LogP contribution in [0.4, 0.5) is 10.1 Å². The lowest BCUT2D eigenvalue weighted by Gasteiger charge is -2.24. The number of esters is 1. The van der Waals surface area contributed by atoms with Gasteiger partial charge in [-0.2, -0.15) is 0 Å². The molecule has 1 heterocycles. The molecule has 2 aromatic carbocycles. The second kappa shape index (κ2) is 5.88. The molecule has 6 heteroatoms. The van der Waals surface area contributed by atoms with E-state index in [2.05, 4.69) is 21.2 Å². The highest BCUT2D eigenvalue weighted by atomic mass is 79.9. The number of benzene rings is 2. The number of hydrogen-bond acceptors (Lipinski definition) is 3. The van der Waals surface area contributed by atoms with Gasteiger partial charge in [0.1, 0.15) is 5.82 Å². The summed E-state index contributed by atoms with van der Waals surface area (Å²) in [5, 5.41) is 2.55. The van der Waals surface area contributed by atoms with E-state index in [-0.39, 0.29) is 6.42 Å². The van der Waals surface area contributed by atoms with Crippen LogP contribution in [0.5, 0.6) is 0 Å². The van der Waals surface area contributed by atoms with Crippen LogP contribution in [0.3, 0.4) is 0 Å². The third-order valence-electron chi connectivity index (χ3n) is 3.33. The third kappa shape index (κ3) is 3.01. The van der Waals surface area contributed by atoms with Gasteiger partial charge in [-0.05, 0) is 42.0 Å². The fourth-order valence-electron chi connectivity index (χ4n) is 2.30. The SMILES string of the molecule is O=C1OC(C(=O)Nc2cccc(F)c2)Cc2cc(Br)ccc21. The van der Waals surface area contributed by atoms with Crippen molar-refractivity contribution in [2.24, 2.45) is 0 Å². The van der Waals surface area contributed by atoms with Crippen LogP contribution in [0.2, 0.25) is 0 Å². The topological polar surface area (TPSA) is 55.4 Å². The largest absolute Gasteiger partial charge is 0.448 e. The maximum Gasteiger partial charge on any atom is 0.339 e. The lowest BCUT2D eigenvalue weighted by Crippen LogP contribution is -2.38. The molecular weight excluding hydrogens is 353 g/mol. The Kier molecular flexibility index (Phi) is 3.94. The summed E-state index contributed by atoms with van der Waals surface area (Å²) in [7, 11) is 0. The molecule has 0 fully saturated rings. The van der Waals surface area contributed by atoms with Crippen molar-refractivity contribution in [2.45, 2.75) is 12.5 Å². The van der Waals surface area contributed by atoms with E-state index in [0.717, 1.165) is 10.0 Å². The smallest absolute Gasteiger partial charge is 0.339 e. The number of nitrogens with one attached hydrogen (secondary N) is 1. The Morgan fingerprint density at radius 3 is 2.86 bits per heavy atom. The van der Waals surface area contributed by atoms with Gasteiger partial charge in [0.2, 0.25) is 0 Å². The predicted molar refractivity (Wildman–Crippen MR) is 82.1 cm³/mol. The van der Waals surface area contributed by atoms with Crippen LogP contribution < -0.4 is 5.32 Å². The molecule has 1 atom stereocenters. The predicted octanol–water partition coefficient (Wildman–Crippen LogP) is 3.31. The number of carbonyl (C=O) groups excluding carboxylic acids is 2. The van der Waals surface area contributed by atoms with Crippen LogP contribution in [-0.2, 0) is 16.0 Å². The van der Waals surface area contributed by atoms with E-state index >= 15 is 0 Å². The minimum absolute atomic E-state index is 0.279. The number of carbonyl (C=O) groups is 2. The molecule has 1 aliphatic heterocycles. The van der Waals surface area contributed by atoms with Crippen molar-refractivity contribution >= 4 is 33.5 Å². The first kappa shape index (κ1) is 14.7. The molecule has 1 N–H and O–H groups in total. The van der Waals surface area contributed by atoms with E-state index in [1.165, 1.54) is 18.2 Å². The van der Waals surface area contributed by atoms with Gasteiger partial charge in [-0.25, -0.2) is 9.18 Å². The van der Waals surface area contributed by atoms with Crippen LogP contribution in [0.1, 0.15) is 15.9 Å². The standard InChI is InChI=1S/C16H11BrFNO3/c17-10-4-5-13-9(6-10)7-14(22-16(13)21)15(20)19-12-3-1-2-11(18)8-12/h1-6,8,14H,7H2,(H,19,20). The van der Waals surface area contributed by atoms with Gasteiger partial charge in [-0.1, -0.05) is 22.0 Å². The number of amides is 1. The maximum atomic E-state index is 13.1. The van der Waals surface area contributed by atoms with Crippen LogP contribution >= 0.6 is 15.9 Å². The first-order valence-electron chi connectivity index (χ1n) is 6.59. The van der Waals surface area contributed by atoms with Gasteiger partial charge in [0.05, 0.1) is 5.56 Å². The van der Waals surface area contributed by atoms with Crippen molar-refractivity contribution in [3.63, 3.8) is 0 Å². The minimum Gasteiger partial charge on any atom is -0.448 e. The number of cyclic esters (lactones) is 1. The minimum atomic E-state index is -0.933. The summed E-state index contributed by atoms with van der Waals surface area (Å²) < 4.78 is 19.1. The van der Waals surface area contributed by atoms with E-state index in [1.54, 1.807) is 24.3 Å². The molecule has 112 valence electrons. The van der Waals surface area contributed by atoms with Crippen molar-refractivity contribution in [3.05, 3.63) is 63.9 Å². The summed E-state index contributed by atoms with van der Waals surface area (Å²) in [5.74, 6) is -1.47. The molecule has 0 bridgehead atoms. The average Bonchev–Trinajstić information content (AvgIpc) is 2.46. The van der Waals surface area contributed by atoms with E-state index in [9.17, 15) is 14.0 Å². The molecule has 4 nitrogen and oxygen atoms in total. The molecular formula is C16H11BrFNO3. The number of rotatable bonds is 2. The second-order valence-electron chi connectivity index (χ2n) is 4.90. The summed E-state index contributed by atoms with van der Waals surface area (Å²) in [5.41, 5.74) is 1.52. The molecule has 1 amide bonds. The zero-order chi connectivity index (χ0) is 15.7. The van der Waals surface area contributed by atoms with Crippen LogP contribution in [0.25, 0.3) is 0 Å². The first-order valence-corrected chi connectivity index (χ1v) is 7.38. The molecule has 0 spiro atoms. The quantitative estimate of drug-likeness (QED) is 0.832. The summed E-state index contributed by atoms with van der Waals surface area (Å²) in [6, 6.07) is 10.7. The number of ether oxygens (including phenoxy) is 1. The van der Waals surface area contributed by atoms with Crippen LogP contribution in [0.15, 0.2) is 46.9 Å². The van der Waals surface area contributed by atoms with Gasteiger partial charge < -0.3 is 10.1 Å². The molecule has 0 aromatic heterocycles. The maximum absolute atomic E-state index is 13.1. The highest BCUT2D eigenvalue weighted by molar-refractivity contribution is 9.10. The lowest BCUT2D eigenvalue weighted by atomic mass is 9.98. The Labute approximate surface area is 134 Å². The molecule has 22 heavy (non-hydrogen) atoms. The third-order valence-corrected chi connectivity index (χ3v) is 3.82. The monoisotopic (exact) mass is 363 g/mol. The zero-order valence-corrected chi connectivity index (χ0v) is 12.9. The Balaban J connectivity index is 1.79. The average molecular weight is 364 g/mol. The van der Waals surface area contributed by atoms with E-state index in [4.69, 9.17) is 4.74 Å². The number of hydrogen-bond donors (Lipinski definition) is 1. The van der Waals surface area contributed by atoms with Crippen LogP contribution in [0, 0.1) is 5.82 Å². The normalized spacial score (nSPS) is 16.6. The van der Waals surface area contributed by atoms with Crippen molar-refractivity contribution in [1.82, 2.24) is 0 Å². The van der Waals surface area contributed by atoms with Crippen molar-refractivity contribution < 1.29 is 18.7 Å². The second-order valence-corrected chi connectivity index (χ2v) is 5.81. The van der Waals surface area contributed by atoms with Crippen LogP contribution in [-0.4, -0.2) is 18.0 Å². The highest BCUT2D eigenvalue weighted by Gasteiger charge is 2.31. The van der Waals surface area contributed by atoms with Crippen molar-refractivity contribution in [2.75, 3.05) is 5.32 Å². The molecule has 0 radical (unpaired) electrons. The Morgan fingerprint density at radius 1 is 1.27 bits per heavy atom. The lowest BCUT2D eigenvalue weighted by molar-refractivity contribution is -0.125. The van der Waals surface area contributed by atoms with Crippen molar-refractivity contribution in [3.8, 4) is 0 Å². The zero-order valence-electron chi connectivity index (χ0n) is 11.3. The fourth-order valence-corrected chi connectivity index (χ4v) is 2.71. The molecule has 0 aliphatic carbocycles. The number of fused-ring (bicyclic) bond motifs is 1. The number of halogens is 2. The van der Waals surface area contributed by atoms with Gasteiger partial charge in [-0.15, -0.1) is 0 Å². The molecule has 0 saturated heterocycles. The highest BCUT2D eigenvalue weighted by Crippen LogP contribution is 2.25. The summed E-state index contributed by atoms with van der Waals surface area (Å²) in [6.07, 6.45) is -0.653. The van der Waals surface area contributed by atoms with E-state index in [1.807, 2.05) is 0 Å². The van der Waals surface area contributed by atoms with Gasteiger partial charge in [0.15, 0.2) is 6.10 Å². The Hall–Kier alpha value is -2.21. The first-order chi connectivity index (χ1) is 10.5. The fraction of sp³-hybridized carbons (Fsp3) is 0.125. The van der Waals surface area contributed by atoms with E-state index in [0.29, 0.717) is 11.3 Å². The molecule has 1 unspecified atom stereocenters.